The summed E-state index contributed by atoms with van der Waals surface area (Å²) < 4.78 is 0. The third-order valence-corrected chi connectivity index (χ3v) is 1.46. The molecule has 0 aliphatic heterocycles. The van der Waals surface area contributed by atoms with Gasteiger partial charge in [0.05, 0.1) is 0 Å². The number of fused-ring (bicyclic) bond motifs is 1. The molecule has 0 amide bonds. The van der Waals surface area contributed by atoms with Gasteiger partial charge < -0.3 is 10.3 Å². The second-order valence-electron chi connectivity index (χ2n) is 2.56. The predicted molar refractivity (Wildman–Crippen MR) is 53.3 cm³/mol. The summed E-state index contributed by atoms with van der Waals surface area (Å²) in [4.78, 5) is 3.12. The highest BCUT2D eigenvalue weighted by molar-refractivity contribution is 5.78. The summed E-state index contributed by atoms with van der Waals surface area (Å²) in [5.74, 6) is 0. The molecule has 0 bridgehead atoms. The van der Waals surface area contributed by atoms with Crippen molar-refractivity contribution in [2.45, 2.75) is 0 Å². The third-order valence-electron chi connectivity index (χ3n) is 1.46. The molecule has 1 aromatic carbocycles. The minimum Gasteiger partial charge on any atom is -0.361 e. The number of aromatic amines is 1. The van der Waals surface area contributed by atoms with Crippen molar-refractivity contribution in [2.24, 2.45) is 0 Å². The molecular formula is C10H14N2. The zero-order valence-electron chi connectivity index (χ0n) is 7.46. The average molecular weight is 162 g/mol. The molecule has 0 unspecified atom stereocenters. The second kappa shape index (κ2) is 4.57. The van der Waals surface area contributed by atoms with Crippen LogP contribution in [0.5, 0.6) is 0 Å². The van der Waals surface area contributed by atoms with Crippen LogP contribution >= 0.6 is 0 Å². The molecule has 0 radical (unpaired) electrons. The molecular weight excluding hydrogens is 148 g/mol. The Hall–Kier alpha value is -1.28. The first-order valence-corrected chi connectivity index (χ1v) is 3.99. The summed E-state index contributed by atoms with van der Waals surface area (Å²) in [5, 5.41) is 4.03. The summed E-state index contributed by atoms with van der Waals surface area (Å²) in [6.45, 7) is 0. The number of rotatable bonds is 0. The van der Waals surface area contributed by atoms with Gasteiger partial charge in [0.1, 0.15) is 0 Å². The van der Waals surface area contributed by atoms with E-state index in [1.807, 2.05) is 32.4 Å². The van der Waals surface area contributed by atoms with Crippen LogP contribution in [0.25, 0.3) is 10.9 Å². The van der Waals surface area contributed by atoms with Crippen molar-refractivity contribution in [1.29, 1.82) is 0 Å². The van der Waals surface area contributed by atoms with Gasteiger partial charge in [-0.1, -0.05) is 18.2 Å². The topological polar surface area (TPSA) is 27.8 Å². The maximum atomic E-state index is 3.12. The fraction of sp³-hybridized carbons (Fsp3) is 0.200. The van der Waals surface area contributed by atoms with Crippen molar-refractivity contribution < 1.29 is 0 Å². The van der Waals surface area contributed by atoms with Gasteiger partial charge in [-0.2, -0.15) is 0 Å². The van der Waals surface area contributed by atoms with E-state index in [0.29, 0.717) is 0 Å². The van der Waals surface area contributed by atoms with Gasteiger partial charge in [-0.25, -0.2) is 0 Å². The van der Waals surface area contributed by atoms with Crippen LogP contribution in [-0.2, 0) is 0 Å². The van der Waals surface area contributed by atoms with Crippen molar-refractivity contribution in [3.8, 4) is 0 Å². The third kappa shape index (κ3) is 2.10. The first-order valence-electron chi connectivity index (χ1n) is 3.99. The number of para-hydroxylation sites is 1. The van der Waals surface area contributed by atoms with Crippen LogP contribution < -0.4 is 5.32 Å². The Morgan fingerprint density at radius 3 is 2.42 bits per heavy atom. The van der Waals surface area contributed by atoms with Gasteiger partial charge in [0, 0.05) is 11.7 Å². The monoisotopic (exact) mass is 162 g/mol. The Balaban J connectivity index is 0.000000213. The van der Waals surface area contributed by atoms with Crippen LogP contribution in [0.4, 0.5) is 0 Å². The highest BCUT2D eigenvalue weighted by Gasteiger charge is 1.86. The summed E-state index contributed by atoms with van der Waals surface area (Å²) >= 11 is 0. The van der Waals surface area contributed by atoms with Gasteiger partial charge in [0.25, 0.3) is 0 Å². The minimum absolute atomic E-state index is 1.21. The first kappa shape index (κ1) is 8.81. The zero-order chi connectivity index (χ0) is 8.81. The van der Waals surface area contributed by atoms with E-state index in [-0.39, 0.29) is 0 Å². The van der Waals surface area contributed by atoms with Crippen LogP contribution in [0.15, 0.2) is 36.5 Å². The Morgan fingerprint density at radius 1 is 1.08 bits per heavy atom. The molecule has 2 rings (SSSR count). The molecule has 0 spiro atoms. The molecule has 1 heterocycles. The molecule has 2 heteroatoms. The van der Waals surface area contributed by atoms with E-state index in [2.05, 4.69) is 28.5 Å². The van der Waals surface area contributed by atoms with Crippen LogP contribution in [-0.4, -0.2) is 19.1 Å². The van der Waals surface area contributed by atoms with Crippen molar-refractivity contribution >= 4 is 10.9 Å². The van der Waals surface area contributed by atoms with E-state index in [1.54, 1.807) is 0 Å². The van der Waals surface area contributed by atoms with E-state index in [9.17, 15) is 0 Å². The van der Waals surface area contributed by atoms with Gasteiger partial charge in [-0.3, -0.25) is 0 Å². The van der Waals surface area contributed by atoms with Crippen molar-refractivity contribution in [1.82, 2.24) is 10.3 Å². The number of hydrogen-bond donors (Lipinski definition) is 2. The fourth-order valence-corrected chi connectivity index (χ4v) is 0.995. The van der Waals surface area contributed by atoms with E-state index < -0.39 is 0 Å². The molecule has 2 nitrogen and oxygen atoms in total. The molecule has 2 N–H and O–H groups in total. The van der Waals surface area contributed by atoms with Gasteiger partial charge in [0.15, 0.2) is 0 Å². The molecule has 1 aromatic heterocycles. The lowest BCUT2D eigenvalue weighted by Gasteiger charge is -1.83. The highest BCUT2D eigenvalue weighted by atomic mass is 14.7. The second-order valence-corrected chi connectivity index (χ2v) is 2.56. The average Bonchev–Trinajstić information content (AvgIpc) is 2.52. The van der Waals surface area contributed by atoms with Crippen molar-refractivity contribution in [3.63, 3.8) is 0 Å². The zero-order valence-corrected chi connectivity index (χ0v) is 7.46. The lowest BCUT2D eigenvalue weighted by Crippen LogP contribution is -1.89. The van der Waals surface area contributed by atoms with Gasteiger partial charge in [0.2, 0.25) is 0 Å². The molecule has 64 valence electrons. The van der Waals surface area contributed by atoms with Gasteiger partial charge in [-0.15, -0.1) is 0 Å². The smallest absolute Gasteiger partial charge is 0.0453 e. The van der Waals surface area contributed by atoms with E-state index in [0.717, 1.165) is 0 Å². The van der Waals surface area contributed by atoms with Crippen LogP contribution in [0.2, 0.25) is 0 Å². The maximum absolute atomic E-state index is 3.12. The highest BCUT2D eigenvalue weighted by Crippen LogP contribution is 2.09. The molecule has 0 aliphatic rings. The Labute approximate surface area is 72.6 Å². The van der Waals surface area contributed by atoms with Crippen molar-refractivity contribution in [2.75, 3.05) is 14.1 Å². The summed E-state index contributed by atoms with van der Waals surface area (Å²) in [6.07, 6.45) is 1.95. The molecule has 0 aliphatic carbocycles. The standard InChI is InChI=1S/C8H7N.C2H7N/c1-2-4-8-7(3-1)5-6-9-8;1-3-2/h1-6,9H;3H,1-2H3. The Kier molecular flexibility index (Phi) is 3.35. The van der Waals surface area contributed by atoms with E-state index >= 15 is 0 Å². The molecule has 0 saturated carbocycles. The molecule has 2 aromatic rings. The van der Waals surface area contributed by atoms with E-state index in [1.165, 1.54) is 10.9 Å². The number of aromatic nitrogens is 1. The molecule has 0 saturated heterocycles. The predicted octanol–water partition coefficient (Wildman–Crippen LogP) is 2.00. The van der Waals surface area contributed by atoms with Crippen LogP contribution in [0, 0.1) is 0 Å². The molecule has 0 fully saturated rings. The number of benzene rings is 1. The van der Waals surface area contributed by atoms with Crippen LogP contribution in [0.3, 0.4) is 0 Å². The summed E-state index contributed by atoms with van der Waals surface area (Å²) in [5.41, 5.74) is 1.21. The molecule has 12 heavy (non-hydrogen) atoms. The quantitative estimate of drug-likeness (QED) is 0.609. The normalized spacial score (nSPS) is 9.17. The first-order chi connectivity index (χ1) is 5.88. The van der Waals surface area contributed by atoms with E-state index in [4.69, 9.17) is 0 Å². The van der Waals surface area contributed by atoms with Crippen molar-refractivity contribution in [3.05, 3.63) is 36.5 Å². The lowest BCUT2D eigenvalue weighted by atomic mass is 10.3. The summed E-state index contributed by atoms with van der Waals surface area (Å²) in [7, 11) is 3.75. The van der Waals surface area contributed by atoms with Gasteiger partial charge in [-0.05, 0) is 31.6 Å². The Morgan fingerprint density at radius 2 is 1.75 bits per heavy atom. The molecule has 0 atom stereocenters. The Bertz CT molecular complexity index is 295. The number of hydrogen-bond acceptors (Lipinski definition) is 1. The fourth-order valence-electron chi connectivity index (χ4n) is 0.995. The van der Waals surface area contributed by atoms with Gasteiger partial charge >= 0.3 is 0 Å². The van der Waals surface area contributed by atoms with Crippen LogP contribution in [0.1, 0.15) is 0 Å². The number of nitrogens with one attached hydrogen (secondary N) is 2. The SMILES string of the molecule is CNC.c1ccc2[nH]ccc2c1. The number of H-pyrrole nitrogens is 1. The minimum atomic E-state index is 1.21. The largest absolute Gasteiger partial charge is 0.361 e. The summed E-state index contributed by atoms with van der Waals surface area (Å²) in [6, 6.07) is 10.3. The lowest BCUT2D eigenvalue weighted by molar-refractivity contribution is 1.02. The maximum Gasteiger partial charge on any atom is 0.0453 e.